The van der Waals surface area contributed by atoms with Crippen LogP contribution >= 0.6 is 11.8 Å². The second-order valence-electron chi connectivity index (χ2n) is 4.24. The maximum absolute atomic E-state index is 5.61. The molecule has 3 heteroatoms. The summed E-state index contributed by atoms with van der Waals surface area (Å²) in [4.78, 5) is 2.66. The maximum atomic E-state index is 5.61. The van der Waals surface area contributed by atoms with Gasteiger partial charge in [0.05, 0.1) is 6.61 Å². The highest BCUT2D eigenvalue weighted by atomic mass is 35.5. The summed E-state index contributed by atoms with van der Waals surface area (Å²) < 4.78 is 5.61. The second-order valence-corrected chi connectivity index (χ2v) is 4.51. The number of allylic oxidation sites excluding steroid dienone is 1. The lowest BCUT2D eigenvalue weighted by Gasteiger charge is -2.07. The van der Waals surface area contributed by atoms with Crippen LogP contribution in [-0.4, -0.2) is 13.2 Å². The Morgan fingerprint density at radius 1 is 1.31 bits per heavy atom. The summed E-state index contributed by atoms with van der Waals surface area (Å²) in [7, 11) is 0. The van der Waals surface area contributed by atoms with Crippen molar-refractivity contribution in [1.29, 1.82) is 0 Å². The van der Waals surface area contributed by atoms with Gasteiger partial charge in [0.1, 0.15) is 5.75 Å². The van der Waals surface area contributed by atoms with Gasteiger partial charge in [-0.1, -0.05) is 12.1 Å². The number of rotatable bonds is 2. The zero-order valence-electron chi connectivity index (χ0n) is 9.05. The summed E-state index contributed by atoms with van der Waals surface area (Å²) in [5.41, 5.74) is 5.72. The molecule has 0 saturated carbocycles. The van der Waals surface area contributed by atoms with E-state index < -0.39 is 0 Å². The molecule has 1 aromatic carbocycles. The van der Waals surface area contributed by atoms with E-state index in [2.05, 4.69) is 23.0 Å². The SMILES string of the molecule is ClNC/C=C1\CCc2ccc3c(c21)CCO3. The summed E-state index contributed by atoms with van der Waals surface area (Å²) in [5, 5.41) is 0. The Balaban J connectivity index is 2.07. The lowest BCUT2D eigenvalue weighted by molar-refractivity contribution is 0.357. The quantitative estimate of drug-likeness (QED) is 0.796. The minimum atomic E-state index is 0.723. The van der Waals surface area contributed by atoms with Crippen molar-refractivity contribution in [3.8, 4) is 5.75 Å². The third kappa shape index (κ3) is 1.53. The van der Waals surface area contributed by atoms with Crippen molar-refractivity contribution in [1.82, 2.24) is 4.84 Å². The molecule has 1 N–H and O–H groups in total. The van der Waals surface area contributed by atoms with Gasteiger partial charge < -0.3 is 4.74 Å². The largest absolute Gasteiger partial charge is 0.493 e. The summed E-state index contributed by atoms with van der Waals surface area (Å²) in [6, 6.07) is 4.32. The van der Waals surface area contributed by atoms with Gasteiger partial charge in [0, 0.05) is 18.5 Å². The van der Waals surface area contributed by atoms with Gasteiger partial charge in [0.25, 0.3) is 0 Å². The van der Waals surface area contributed by atoms with Crippen molar-refractivity contribution in [2.75, 3.05) is 13.2 Å². The second kappa shape index (κ2) is 4.11. The van der Waals surface area contributed by atoms with E-state index in [0.29, 0.717) is 0 Å². The van der Waals surface area contributed by atoms with Crippen molar-refractivity contribution >= 4 is 17.3 Å². The minimum Gasteiger partial charge on any atom is -0.493 e. The summed E-state index contributed by atoms with van der Waals surface area (Å²) in [6.45, 7) is 1.55. The number of hydrogen-bond donors (Lipinski definition) is 1. The van der Waals surface area contributed by atoms with Gasteiger partial charge in [0.15, 0.2) is 0 Å². The predicted octanol–water partition coefficient (Wildman–Crippen LogP) is 2.69. The molecule has 0 radical (unpaired) electrons. The van der Waals surface area contributed by atoms with Crippen LogP contribution in [0.15, 0.2) is 18.2 Å². The first-order valence-electron chi connectivity index (χ1n) is 5.70. The molecular weight excluding hydrogens is 222 g/mol. The van der Waals surface area contributed by atoms with Crippen LogP contribution in [0.1, 0.15) is 23.1 Å². The highest BCUT2D eigenvalue weighted by Crippen LogP contribution is 2.40. The van der Waals surface area contributed by atoms with Crippen molar-refractivity contribution in [2.45, 2.75) is 19.3 Å². The Hall–Kier alpha value is -0.990. The highest BCUT2D eigenvalue weighted by molar-refractivity contribution is 6.13. The van der Waals surface area contributed by atoms with Crippen LogP contribution < -0.4 is 9.57 Å². The van der Waals surface area contributed by atoms with E-state index in [4.69, 9.17) is 16.5 Å². The van der Waals surface area contributed by atoms with E-state index in [9.17, 15) is 0 Å². The molecule has 0 spiro atoms. The molecule has 1 aromatic rings. The van der Waals surface area contributed by atoms with Gasteiger partial charge in [-0.15, -0.1) is 0 Å². The number of halogens is 1. The first kappa shape index (κ1) is 10.2. The molecule has 0 saturated heterocycles. The third-order valence-electron chi connectivity index (χ3n) is 3.38. The van der Waals surface area contributed by atoms with Crippen LogP contribution in [0.3, 0.4) is 0 Å². The third-order valence-corrected chi connectivity index (χ3v) is 3.53. The van der Waals surface area contributed by atoms with Crippen molar-refractivity contribution in [2.24, 2.45) is 0 Å². The fourth-order valence-electron chi connectivity index (χ4n) is 2.69. The van der Waals surface area contributed by atoms with Gasteiger partial charge >= 0.3 is 0 Å². The Bertz CT molecular complexity index is 453. The highest BCUT2D eigenvalue weighted by Gasteiger charge is 2.24. The van der Waals surface area contributed by atoms with E-state index in [1.807, 2.05) is 0 Å². The molecule has 1 aliphatic heterocycles. The standard InChI is InChI=1S/C13H14ClNO/c14-15-7-5-10-2-1-9-3-4-12-11(13(9)10)6-8-16-12/h3-5,15H,1-2,6-8H2/b10-5+. The smallest absolute Gasteiger partial charge is 0.123 e. The normalized spacial score (nSPS) is 19.7. The maximum Gasteiger partial charge on any atom is 0.123 e. The monoisotopic (exact) mass is 235 g/mol. The molecule has 2 nitrogen and oxygen atoms in total. The van der Waals surface area contributed by atoms with Crippen molar-refractivity contribution < 1.29 is 4.74 Å². The number of benzene rings is 1. The number of fused-ring (bicyclic) bond motifs is 3. The molecule has 0 aromatic heterocycles. The number of hydrogen-bond acceptors (Lipinski definition) is 2. The molecule has 1 aliphatic carbocycles. The van der Waals surface area contributed by atoms with Crippen LogP contribution in [0.2, 0.25) is 0 Å². The van der Waals surface area contributed by atoms with E-state index in [0.717, 1.165) is 38.2 Å². The average molecular weight is 236 g/mol. The van der Waals surface area contributed by atoms with Crippen molar-refractivity contribution in [3.63, 3.8) is 0 Å². The molecule has 0 bridgehead atoms. The summed E-state index contributed by atoms with van der Waals surface area (Å²) >= 11 is 5.51. The van der Waals surface area contributed by atoms with E-state index >= 15 is 0 Å². The van der Waals surface area contributed by atoms with Crippen LogP contribution in [0.4, 0.5) is 0 Å². The Kier molecular flexibility index (Phi) is 2.62. The van der Waals surface area contributed by atoms with Gasteiger partial charge in [-0.05, 0) is 47.4 Å². The molecule has 0 atom stereocenters. The average Bonchev–Trinajstić information content (AvgIpc) is 2.91. The van der Waals surface area contributed by atoms with E-state index in [-0.39, 0.29) is 0 Å². The lowest BCUT2D eigenvalue weighted by Crippen LogP contribution is -1.98. The Morgan fingerprint density at radius 2 is 2.25 bits per heavy atom. The first-order valence-corrected chi connectivity index (χ1v) is 6.08. The molecule has 0 fully saturated rings. The van der Waals surface area contributed by atoms with Gasteiger partial charge in [-0.3, -0.25) is 0 Å². The van der Waals surface area contributed by atoms with Crippen LogP contribution in [0.25, 0.3) is 5.57 Å². The Labute approximate surface area is 100 Å². The van der Waals surface area contributed by atoms with Crippen LogP contribution in [0.5, 0.6) is 5.75 Å². The zero-order chi connectivity index (χ0) is 11.0. The molecule has 0 amide bonds. The first-order chi connectivity index (χ1) is 7.90. The number of aryl methyl sites for hydroxylation is 1. The summed E-state index contributed by atoms with van der Waals surface area (Å²) in [6.07, 6.45) is 5.52. The molecule has 84 valence electrons. The van der Waals surface area contributed by atoms with Gasteiger partial charge in [0.2, 0.25) is 0 Å². The Morgan fingerprint density at radius 3 is 3.12 bits per heavy atom. The minimum absolute atomic E-state index is 0.723. The predicted molar refractivity (Wildman–Crippen MR) is 65.8 cm³/mol. The molecule has 0 unspecified atom stereocenters. The molecule has 1 heterocycles. The summed E-state index contributed by atoms with van der Waals surface area (Å²) in [5.74, 6) is 1.07. The number of ether oxygens (including phenoxy) is 1. The van der Waals surface area contributed by atoms with Gasteiger partial charge in [-0.25, -0.2) is 4.84 Å². The van der Waals surface area contributed by atoms with Crippen LogP contribution in [0, 0.1) is 0 Å². The molecule has 16 heavy (non-hydrogen) atoms. The lowest BCUT2D eigenvalue weighted by atomic mass is 9.98. The van der Waals surface area contributed by atoms with E-state index in [1.165, 1.54) is 22.3 Å². The molecular formula is C13H14ClNO. The van der Waals surface area contributed by atoms with E-state index in [1.54, 1.807) is 0 Å². The fraction of sp³-hybridized carbons (Fsp3) is 0.385. The van der Waals surface area contributed by atoms with Crippen molar-refractivity contribution in [3.05, 3.63) is 34.9 Å². The molecule has 3 rings (SSSR count). The van der Waals surface area contributed by atoms with Gasteiger partial charge in [-0.2, -0.15) is 0 Å². The van der Waals surface area contributed by atoms with Crippen LogP contribution in [-0.2, 0) is 12.8 Å². The fourth-order valence-corrected chi connectivity index (χ4v) is 2.77. The number of nitrogens with one attached hydrogen (secondary N) is 1. The topological polar surface area (TPSA) is 21.3 Å². The molecule has 2 aliphatic rings. The zero-order valence-corrected chi connectivity index (χ0v) is 9.81.